The fourth-order valence-corrected chi connectivity index (χ4v) is 3.39. The van der Waals surface area contributed by atoms with Crippen molar-refractivity contribution in [2.75, 3.05) is 31.5 Å². The molecule has 1 fully saturated rings. The van der Waals surface area contributed by atoms with Gasteiger partial charge in [0, 0.05) is 13.1 Å². The van der Waals surface area contributed by atoms with Crippen LogP contribution >= 0.6 is 11.6 Å². The van der Waals surface area contributed by atoms with E-state index in [2.05, 4.69) is 44.3 Å². The van der Waals surface area contributed by atoms with Gasteiger partial charge in [0.15, 0.2) is 5.65 Å². The maximum Gasteiger partial charge on any atom is 0.226 e. The zero-order valence-electron chi connectivity index (χ0n) is 14.2. The molecule has 1 aliphatic rings. The van der Waals surface area contributed by atoms with Crippen LogP contribution in [0.3, 0.4) is 0 Å². The van der Waals surface area contributed by atoms with Crippen LogP contribution < -0.4 is 5.32 Å². The highest BCUT2D eigenvalue weighted by Gasteiger charge is 2.14. The van der Waals surface area contributed by atoms with E-state index in [9.17, 15) is 0 Å². The van der Waals surface area contributed by atoms with Crippen molar-refractivity contribution >= 4 is 28.5 Å². The fourth-order valence-electron chi connectivity index (χ4n) is 3.23. The molecule has 7 heteroatoms. The lowest BCUT2D eigenvalue weighted by molar-refractivity contribution is 0.352. The first-order valence-corrected chi connectivity index (χ1v) is 9.03. The van der Waals surface area contributed by atoms with Crippen LogP contribution in [0.25, 0.3) is 16.7 Å². The summed E-state index contributed by atoms with van der Waals surface area (Å²) in [6, 6.07) is 8.16. The van der Waals surface area contributed by atoms with Gasteiger partial charge in [-0.25, -0.2) is 4.68 Å². The maximum atomic E-state index is 6.16. The van der Waals surface area contributed by atoms with Crippen molar-refractivity contribution in [2.24, 2.45) is 0 Å². The summed E-state index contributed by atoms with van der Waals surface area (Å²) in [4.78, 5) is 11.2. The van der Waals surface area contributed by atoms with Gasteiger partial charge in [-0.2, -0.15) is 15.1 Å². The number of benzene rings is 1. The Hall–Kier alpha value is -2.18. The number of aryl methyl sites for hydroxylation is 1. The smallest absolute Gasteiger partial charge is 0.226 e. The highest BCUT2D eigenvalue weighted by molar-refractivity contribution is 6.28. The molecule has 0 aliphatic carbocycles. The predicted octanol–water partition coefficient (Wildman–Crippen LogP) is 3.29. The molecule has 130 valence electrons. The maximum absolute atomic E-state index is 6.16. The summed E-state index contributed by atoms with van der Waals surface area (Å²) in [5.74, 6) is 0.743. The van der Waals surface area contributed by atoms with Gasteiger partial charge in [0.05, 0.1) is 17.3 Å². The zero-order chi connectivity index (χ0) is 17.2. The molecule has 0 saturated carbocycles. The Morgan fingerprint density at radius 3 is 2.64 bits per heavy atom. The number of halogens is 1. The summed E-state index contributed by atoms with van der Waals surface area (Å²) in [5.41, 5.74) is 2.88. The van der Waals surface area contributed by atoms with Gasteiger partial charge in [-0.3, -0.25) is 0 Å². The number of hydrogen-bond donors (Lipinski definition) is 1. The summed E-state index contributed by atoms with van der Waals surface area (Å²) >= 11 is 6.16. The molecule has 4 rings (SSSR count). The molecule has 1 N–H and O–H groups in total. The van der Waals surface area contributed by atoms with Gasteiger partial charge in [0.2, 0.25) is 5.28 Å². The second-order valence-corrected chi connectivity index (χ2v) is 6.78. The number of nitrogens with zero attached hydrogens (tertiary/aromatic N) is 5. The number of hydrogen-bond acceptors (Lipinski definition) is 5. The SMILES string of the molecule is Cc1ccc(-n2ncc3c(NCCN4CCCC4)nc(Cl)nc32)cc1. The molecule has 6 nitrogen and oxygen atoms in total. The van der Waals surface area contributed by atoms with Crippen molar-refractivity contribution in [3.63, 3.8) is 0 Å². The van der Waals surface area contributed by atoms with Crippen LogP contribution in [0.4, 0.5) is 5.82 Å². The van der Waals surface area contributed by atoms with Crippen molar-refractivity contribution in [2.45, 2.75) is 19.8 Å². The largest absolute Gasteiger partial charge is 0.368 e. The summed E-state index contributed by atoms with van der Waals surface area (Å²) in [7, 11) is 0. The van der Waals surface area contributed by atoms with E-state index in [0.29, 0.717) is 5.65 Å². The second kappa shape index (κ2) is 6.98. The second-order valence-electron chi connectivity index (χ2n) is 6.45. The van der Waals surface area contributed by atoms with E-state index in [1.54, 1.807) is 10.9 Å². The summed E-state index contributed by atoms with van der Waals surface area (Å²) in [5, 5.41) is 8.99. The lowest BCUT2D eigenvalue weighted by Crippen LogP contribution is -2.26. The average Bonchev–Trinajstić information content (AvgIpc) is 3.25. The van der Waals surface area contributed by atoms with Crippen molar-refractivity contribution in [1.29, 1.82) is 0 Å². The molecule has 25 heavy (non-hydrogen) atoms. The predicted molar refractivity (Wildman–Crippen MR) is 101 cm³/mol. The van der Waals surface area contributed by atoms with E-state index in [0.717, 1.165) is 30.0 Å². The van der Waals surface area contributed by atoms with E-state index >= 15 is 0 Å². The molecule has 0 spiro atoms. The third kappa shape index (κ3) is 3.45. The Labute approximate surface area is 151 Å². The van der Waals surface area contributed by atoms with Crippen LogP contribution in [0.2, 0.25) is 5.28 Å². The molecule has 0 amide bonds. The van der Waals surface area contributed by atoms with Crippen molar-refractivity contribution in [3.8, 4) is 5.69 Å². The van der Waals surface area contributed by atoms with Gasteiger partial charge in [-0.05, 0) is 56.6 Å². The van der Waals surface area contributed by atoms with Gasteiger partial charge in [0.1, 0.15) is 5.82 Å². The van der Waals surface area contributed by atoms with Crippen molar-refractivity contribution < 1.29 is 0 Å². The topological polar surface area (TPSA) is 58.9 Å². The van der Waals surface area contributed by atoms with E-state index in [-0.39, 0.29) is 5.28 Å². The van der Waals surface area contributed by atoms with Crippen LogP contribution in [0.5, 0.6) is 0 Å². The molecule has 0 bridgehead atoms. The van der Waals surface area contributed by atoms with Crippen LogP contribution in [-0.2, 0) is 0 Å². The molecule has 3 aromatic rings. The van der Waals surface area contributed by atoms with E-state index in [1.165, 1.54) is 31.5 Å². The fraction of sp³-hybridized carbons (Fsp3) is 0.389. The van der Waals surface area contributed by atoms with Crippen LogP contribution in [0.1, 0.15) is 18.4 Å². The third-order valence-electron chi connectivity index (χ3n) is 4.60. The summed E-state index contributed by atoms with van der Waals surface area (Å²) < 4.78 is 1.80. The zero-order valence-corrected chi connectivity index (χ0v) is 15.0. The summed E-state index contributed by atoms with van der Waals surface area (Å²) in [6.45, 7) is 6.28. The van der Waals surface area contributed by atoms with Crippen LogP contribution in [-0.4, -0.2) is 50.8 Å². The van der Waals surface area contributed by atoms with Gasteiger partial charge >= 0.3 is 0 Å². The Balaban J connectivity index is 1.60. The molecule has 3 heterocycles. The van der Waals surface area contributed by atoms with E-state index < -0.39 is 0 Å². The first-order valence-electron chi connectivity index (χ1n) is 8.65. The average molecular weight is 357 g/mol. The minimum absolute atomic E-state index is 0.227. The highest BCUT2D eigenvalue weighted by atomic mass is 35.5. The van der Waals surface area contributed by atoms with Crippen LogP contribution in [0.15, 0.2) is 30.5 Å². The van der Waals surface area contributed by atoms with Crippen molar-refractivity contribution in [3.05, 3.63) is 41.3 Å². The Bertz CT molecular complexity index is 867. The lowest BCUT2D eigenvalue weighted by Gasteiger charge is -2.15. The molecule has 2 aromatic heterocycles. The minimum atomic E-state index is 0.227. The minimum Gasteiger partial charge on any atom is -0.368 e. The molecule has 0 atom stereocenters. The van der Waals surface area contributed by atoms with Gasteiger partial charge in [0.25, 0.3) is 0 Å². The molecule has 1 aliphatic heterocycles. The van der Waals surface area contributed by atoms with Crippen molar-refractivity contribution in [1.82, 2.24) is 24.6 Å². The third-order valence-corrected chi connectivity index (χ3v) is 4.77. The molecule has 0 unspecified atom stereocenters. The number of rotatable bonds is 5. The number of aromatic nitrogens is 4. The molecule has 1 aromatic carbocycles. The number of fused-ring (bicyclic) bond motifs is 1. The van der Waals surface area contributed by atoms with Gasteiger partial charge in [-0.15, -0.1) is 0 Å². The number of likely N-dealkylation sites (tertiary alicyclic amines) is 1. The first kappa shape index (κ1) is 16.3. The normalized spacial score (nSPS) is 15.1. The molecular formula is C18H21ClN6. The number of anilines is 1. The van der Waals surface area contributed by atoms with Gasteiger partial charge in [-0.1, -0.05) is 17.7 Å². The highest BCUT2D eigenvalue weighted by Crippen LogP contribution is 2.24. The molecule has 0 radical (unpaired) electrons. The Kier molecular flexibility index (Phi) is 4.55. The standard InChI is InChI=1S/C18H21ClN6/c1-13-4-6-14(7-5-13)25-17-15(12-21-25)16(22-18(19)23-17)20-8-11-24-9-2-3-10-24/h4-7,12H,2-3,8-11H2,1H3,(H,20,22,23). The molecule has 1 saturated heterocycles. The Morgan fingerprint density at radius 2 is 1.88 bits per heavy atom. The first-order chi connectivity index (χ1) is 12.2. The van der Waals surface area contributed by atoms with E-state index in [1.807, 2.05) is 12.1 Å². The van der Waals surface area contributed by atoms with E-state index in [4.69, 9.17) is 11.6 Å². The van der Waals surface area contributed by atoms with Gasteiger partial charge < -0.3 is 10.2 Å². The molecular weight excluding hydrogens is 336 g/mol. The Morgan fingerprint density at radius 1 is 1.12 bits per heavy atom. The van der Waals surface area contributed by atoms with Crippen LogP contribution in [0, 0.1) is 6.92 Å². The number of nitrogens with one attached hydrogen (secondary N) is 1. The summed E-state index contributed by atoms with van der Waals surface area (Å²) in [6.07, 6.45) is 4.39. The quantitative estimate of drug-likeness (QED) is 0.711. The monoisotopic (exact) mass is 356 g/mol. The lowest BCUT2D eigenvalue weighted by atomic mass is 10.2.